The minimum absolute atomic E-state index is 0.882. The number of hydrogen-bond acceptors (Lipinski definition) is 3. The van der Waals surface area contributed by atoms with Gasteiger partial charge in [0, 0.05) is 31.9 Å². The van der Waals surface area contributed by atoms with Crippen molar-refractivity contribution < 1.29 is 9.90 Å². The van der Waals surface area contributed by atoms with E-state index in [9.17, 15) is 4.79 Å². The standard InChI is InChI=1S/C8H14N2O2/c11-8(12)2-6-10-5-1-3-9-4-7-10/h2,6,9H,1,3-5,7H2,(H,11,12). The summed E-state index contributed by atoms with van der Waals surface area (Å²) >= 11 is 0. The van der Waals surface area contributed by atoms with Crippen LogP contribution in [0.5, 0.6) is 0 Å². The lowest BCUT2D eigenvalue weighted by Crippen LogP contribution is -2.23. The molecule has 0 aromatic rings. The average Bonchev–Trinajstić information content (AvgIpc) is 2.28. The van der Waals surface area contributed by atoms with E-state index >= 15 is 0 Å². The maximum Gasteiger partial charge on any atom is 0.329 e. The number of carboxylic acid groups (broad SMARTS) is 1. The van der Waals surface area contributed by atoms with Crippen LogP contribution in [0.25, 0.3) is 0 Å². The first-order chi connectivity index (χ1) is 5.79. The van der Waals surface area contributed by atoms with Gasteiger partial charge in [-0.15, -0.1) is 0 Å². The molecule has 2 N–H and O–H groups in total. The SMILES string of the molecule is O=C(O)C=CN1CCCNCC1. The molecule has 0 atom stereocenters. The third kappa shape index (κ3) is 3.39. The molecule has 0 amide bonds. The van der Waals surface area contributed by atoms with Gasteiger partial charge in [0.25, 0.3) is 0 Å². The van der Waals surface area contributed by atoms with Gasteiger partial charge in [-0.05, 0) is 13.0 Å². The van der Waals surface area contributed by atoms with E-state index in [0.717, 1.165) is 32.6 Å². The van der Waals surface area contributed by atoms with E-state index in [0.29, 0.717) is 0 Å². The van der Waals surface area contributed by atoms with Crippen molar-refractivity contribution in [2.24, 2.45) is 0 Å². The van der Waals surface area contributed by atoms with Crippen LogP contribution in [0.15, 0.2) is 12.3 Å². The summed E-state index contributed by atoms with van der Waals surface area (Å²) in [6.07, 6.45) is 3.91. The molecule has 4 heteroatoms. The molecule has 0 saturated carbocycles. The van der Waals surface area contributed by atoms with Gasteiger partial charge in [-0.3, -0.25) is 0 Å². The highest BCUT2D eigenvalue weighted by Crippen LogP contribution is 1.95. The number of rotatable bonds is 2. The average molecular weight is 170 g/mol. The topological polar surface area (TPSA) is 52.6 Å². The van der Waals surface area contributed by atoms with Crippen molar-refractivity contribution in [1.29, 1.82) is 0 Å². The van der Waals surface area contributed by atoms with Gasteiger partial charge in [-0.2, -0.15) is 0 Å². The van der Waals surface area contributed by atoms with Crippen LogP contribution in [-0.4, -0.2) is 42.2 Å². The highest BCUT2D eigenvalue weighted by atomic mass is 16.4. The normalized spacial score (nSPS) is 19.5. The van der Waals surface area contributed by atoms with Crippen LogP contribution in [0.3, 0.4) is 0 Å². The largest absolute Gasteiger partial charge is 0.478 e. The summed E-state index contributed by atoms with van der Waals surface area (Å²) in [6, 6.07) is 0. The first-order valence-corrected chi connectivity index (χ1v) is 4.15. The Bertz CT molecular complexity index is 172. The summed E-state index contributed by atoms with van der Waals surface area (Å²) in [5, 5.41) is 11.6. The van der Waals surface area contributed by atoms with Crippen LogP contribution in [0.4, 0.5) is 0 Å². The lowest BCUT2D eigenvalue weighted by Gasteiger charge is -2.15. The zero-order chi connectivity index (χ0) is 8.81. The van der Waals surface area contributed by atoms with Gasteiger partial charge in [0.05, 0.1) is 0 Å². The first-order valence-electron chi connectivity index (χ1n) is 4.15. The fraction of sp³-hybridized carbons (Fsp3) is 0.625. The van der Waals surface area contributed by atoms with E-state index < -0.39 is 5.97 Å². The molecule has 1 rings (SSSR count). The molecule has 0 aromatic heterocycles. The summed E-state index contributed by atoms with van der Waals surface area (Å²) in [4.78, 5) is 12.2. The Labute approximate surface area is 71.9 Å². The van der Waals surface area contributed by atoms with Crippen molar-refractivity contribution in [2.75, 3.05) is 26.2 Å². The molecule has 0 aliphatic carbocycles. The van der Waals surface area contributed by atoms with E-state index in [2.05, 4.69) is 5.32 Å². The van der Waals surface area contributed by atoms with E-state index in [-0.39, 0.29) is 0 Å². The highest BCUT2D eigenvalue weighted by molar-refractivity contribution is 5.79. The zero-order valence-corrected chi connectivity index (χ0v) is 6.99. The van der Waals surface area contributed by atoms with E-state index in [1.807, 2.05) is 4.90 Å². The molecule has 12 heavy (non-hydrogen) atoms. The summed E-state index contributed by atoms with van der Waals surface area (Å²) in [6.45, 7) is 3.79. The fourth-order valence-corrected chi connectivity index (χ4v) is 1.18. The van der Waals surface area contributed by atoms with Gasteiger partial charge in [0.2, 0.25) is 0 Å². The Hall–Kier alpha value is -1.03. The molecule has 1 aliphatic rings. The third-order valence-corrected chi connectivity index (χ3v) is 1.80. The predicted octanol–water partition coefficient (Wildman–Crippen LogP) is -0.120. The smallest absolute Gasteiger partial charge is 0.329 e. The highest BCUT2D eigenvalue weighted by Gasteiger charge is 2.03. The maximum atomic E-state index is 10.2. The molecule has 0 bridgehead atoms. The van der Waals surface area contributed by atoms with Gasteiger partial charge in [-0.25, -0.2) is 4.79 Å². The molecule has 1 saturated heterocycles. The molecule has 0 radical (unpaired) electrons. The van der Waals surface area contributed by atoms with Gasteiger partial charge in [0.1, 0.15) is 0 Å². The van der Waals surface area contributed by atoms with Gasteiger partial charge >= 0.3 is 5.97 Å². The lowest BCUT2D eigenvalue weighted by atomic mass is 10.4. The number of nitrogens with one attached hydrogen (secondary N) is 1. The number of carbonyl (C=O) groups is 1. The van der Waals surface area contributed by atoms with Crippen molar-refractivity contribution >= 4 is 5.97 Å². The molecule has 0 aromatic carbocycles. The number of aliphatic carboxylic acids is 1. The molecule has 0 spiro atoms. The monoisotopic (exact) mass is 170 g/mol. The van der Waals surface area contributed by atoms with Crippen molar-refractivity contribution in [3.8, 4) is 0 Å². The van der Waals surface area contributed by atoms with Crippen LogP contribution in [0.1, 0.15) is 6.42 Å². The van der Waals surface area contributed by atoms with Gasteiger partial charge < -0.3 is 15.3 Å². The second-order valence-corrected chi connectivity index (χ2v) is 2.79. The molecule has 0 unspecified atom stereocenters. The maximum absolute atomic E-state index is 10.2. The summed E-state index contributed by atoms with van der Waals surface area (Å²) < 4.78 is 0. The lowest BCUT2D eigenvalue weighted by molar-refractivity contribution is -0.131. The Balaban J connectivity index is 2.34. The van der Waals surface area contributed by atoms with E-state index in [1.165, 1.54) is 6.08 Å². The fourth-order valence-electron chi connectivity index (χ4n) is 1.18. The van der Waals surface area contributed by atoms with Crippen molar-refractivity contribution in [2.45, 2.75) is 6.42 Å². The molecule has 1 fully saturated rings. The molecular formula is C8H14N2O2. The number of carboxylic acids is 1. The van der Waals surface area contributed by atoms with Crippen molar-refractivity contribution in [1.82, 2.24) is 10.2 Å². The number of hydrogen-bond donors (Lipinski definition) is 2. The Morgan fingerprint density at radius 1 is 1.42 bits per heavy atom. The summed E-state index contributed by atoms with van der Waals surface area (Å²) in [5.74, 6) is -0.882. The minimum atomic E-state index is -0.882. The molecule has 4 nitrogen and oxygen atoms in total. The number of nitrogens with zero attached hydrogens (tertiary/aromatic N) is 1. The third-order valence-electron chi connectivity index (χ3n) is 1.80. The molecule has 1 aliphatic heterocycles. The predicted molar refractivity (Wildman–Crippen MR) is 45.8 cm³/mol. The van der Waals surface area contributed by atoms with E-state index in [1.54, 1.807) is 6.20 Å². The first kappa shape index (κ1) is 9.06. The van der Waals surface area contributed by atoms with E-state index in [4.69, 9.17) is 5.11 Å². The summed E-state index contributed by atoms with van der Waals surface area (Å²) in [5.41, 5.74) is 0. The Kier molecular flexibility index (Phi) is 3.60. The minimum Gasteiger partial charge on any atom is -0.478 e. The quantitative estimate of drug-likeness (QED) is 0.567. The van der Waals surface area contributed by atoms with Crippen molar-refractivity contribution in [3.63, 3.8) is 0 Å². The Morgan fingerprint density at radius 3 is 3.00 bits per heavy atom. The Morgan fingerprint density at radius 2 is 2.25 bits per heavy atom. The summed E-state index contributed by atoms with van der Waals surface area (Å²) in [7, 11) is 0. The molecular weight excluding hydrogens is 156 g/mol. The molecule has 68 valence electrons. The molecule has 1 heterocycles. The van der Waals surface area contributed by atoms with Gasteiger partial charge in [-0.1, -0.05) is 0 Å². The second kappa shape index (κ2) is 4.77. The van der Waals surface area contributed by atoms with Crippen LogP contribution in [-0.2, 0) is 4.79 Å². The van der Waals surface area contributed by atoms with Gasteiger partial charge in [0.15, 0.2) is 0 Å². The van der Waals surface area contributed by atoms with Crippen molar-refractivity contribution in [3.05, 3.63) is 12.3 Å². The van der Waals surface area contributed by atoms with Crippen LogP contribution >= 0.6 is 0 Å². The zero-order valence-electron chi connectivity index (χ0n) is 6.99. The second-order valence-electron chi connectivity index (χ2n) is 2.79. The van der Waals surface area contributed by atoms with Crippen LogP contribution in [0, 0.1) is 0 Å². The van der Waals surface area contributed by atoms with Crippen LogP contribution < -0.4 is 5.32 Å². The van der Waals surface area contributed by atoms with Crippen LogP contribution in [0.2, 0.25) is 0 Å².